The molecule has 3 atom stereocenters. The van der Waals surface area contributed by atoms with E-state index in [-0.39, 0.29) is 6.29 Å². The van der Waals surface area contributed by atoms with Crippen molar-refractivity contribution in [3.63, 3.8) is 0 Å². The van der Waals surface area contributed by atoms with Gasteiger partial charge in [-0.1, -0.05) is 15.5 Å². The fourth-order valence-corrected chi connectivity index (χ4v) is 0.675. The number of aliphatic hydroxyl groups excluding tert-OH is 1. The van der Waals surface area contributed by atoms with Crippen LogP contribution in [-0.4, -0.2) is 36.1 Å². The number of hydrogen-bond acceptors (Lipinski definition) is 8. The first-order valence-corrected chi connectivity index (χ1v) is 3.28. The maximum absolute atomic E-state index is 10.1. The van der Waals surface area contributed by atoms with E-state index in [1.165, 1.54) is 0 Å². The van der Waals surface area contributed by atoms with Gasteiger partial charge in [0.1, 0.15) is 18.7 Å². The third-order valence-electron chi connectivity index (χ3n) is 1.40. The predicted octanol–water partition coefficient (Wildman–Crippen LogP) is -0.417. The third kappa shape index (κ3) is 3.11. The Hall–Kier alpha value is -1.57. The lowest BCUT2D eigenvalue weighted by atomic mass is 10.1. The minimum absolute atomic E-state index is 0.0701. The van der Waals surface area contributed by atoms with Gasteiger partial charge in [0.05, 0.1) is 0 Å². The minimum Gasteiger partial charge on any atom is -0.388 e. The zero-order chi connectivity index (χ0) is 10.3. The number of hydrogen-bond donors (Lipinski definition) is 1. The van der Waals surface area contributed by atoms with Crippen LogP contribution in [0.5, 0.6) is 0 Å². The van der Waals surface area contributed by atoms with Crippen LogP contribution >= 0.6 is 0 Å². The second-order valence-corrected chi connectivity index (χ2v) is 2.21. The van der Waals surface area contributed by atoms with Crippen molar-refractivity contribution in [1.82, 2.24) is 0 Å². The molecule has 0 saturated heterocycles. The summed E-state index contributed by atoms with van der Waals surface area (Å²) >= 11 is 0. The minimum atomic E-state index is -1.69. The molecule has 0 bridgehead atoms. The molecule has 0 aliphatic carbocycles. The van der Waals surface area contributed by atoms with Crippen molar-refractivity contribution in [2.75, 3.05) is 6.54 Å². The number of rotatable bonds is 7. The Morgan fingerprint density at radius 1 is 1.23 bits per heavy atom. The molecule has 0 heterocycles. The van der Waals surface area contributed by atoms with Crippen LogP contribution in [0.3, 0.4) is 0 Å². The van der Waals surface area contributed by atoms with E-state index in [0.29, 0.717) is 0 Å². The monoisotopic (exact) mass is 189 g/mol. The topological polar surface area (TPSA) is 126 Å². The van der Waals surface area contributed by atoms with E-state index in [0.717, 1.165) is 0 Å². The van der Waals surface area contributed by atoms with Crippen molar-refractivity contribution in [2.45, 2.75) is 18.2 Å². The van der Waals surface area contributed by atoms with E-state index in [1.54, 1.807) is 0 Å². The van der Waals surface area contributed by atoms with Gasteiger partial charge in [0.25, 0.3) is 0 Å². The SMILES string of the molecule is O=C[C@@H](N=O)[C@H](O)[C@@H](CN=O)N=O. The Morgan fingerprint density at radius 3 is 2.15 bits per heavy atom. The number of nitrogens with zero attached hydrogens (tertiary/aromatic N) is 3. The zero-order valence-electron chi connectivity index (χ0n) is 6.44. The first-order valence-electron chi connectivity index (χ1n) is 3.28. The Kier molecular flexibility index (Phi) is 5.28. The first-order chi connectivity index (χ1) is 6.21. The number of nitroso groups, excluding NO2 is 3. The molecule has 13 heavy (non-hydrogen) atoms. The second-order valence-electron chi connectivity index (χ2n) is 2.21. The summed E-state index contributed by atoms with van der Waals surface area (Å²) < 4.78 is 0. The zero-order valence-corrected chi connectivity index (χ0v) is 6.44. The molecule has 0 saturated carbocycles. The van der Waals surface area contributed by atoms with Gasteiger partial charge >= 0.3 is 0 Å². The molecule has 72 valence electrons. The summed E-state index contributed by atoms with van der Waals surface area (Å²) in [5.74, 6) is 0. The summed E-state index contributed by atoms with van der Waals surface area (Å²) in [6.07, 6.45) is -1.62. The van der Waals surface area contributed by atoms with Gasteiger partial charge in [0.15, 0.2) is 12.3 Å². The van der Waals surface area contributed by atoms with Gasteiger partial charge in [0.2, 0.25) is 0 Å². The Labute approximate surface area is 72.2 Å². The van der Waals surface area contributed by atoms with Crippen LogP contribution in [-0.2, 0) is 4.79 Å². The predicted molar refractivity (Wildman–Crippen MR) is 41.9 cm³/mol. The Bertz CT molecular complexity index is 200. The summed E-state index contributed by atoms with van der Waals surface area (Å²) in [5, 5.41) is 16.0. The van der Waals surface area contributed by atoms with Crippen LogP contribution in [0.1, 0.15) is 0 Å². The number of aldehydes is 1. The lowest BCUT2D eigenvalue weighted by Crippen LogP contribution is -2.37. The highest BCUT2D eigenvalue weighted by Gasteiger charge is 2.29. The maximum atomic E-state index is 10.1. The fourth-order valence-electron chi connectivity index (χ4n) is 0.675. The van der Waals surface area contributed by atoms with Crippen LogP contribution in [0.2, 0.25) is 0 Å². The molecular formula is C5H7N3O5. The number of carbonyl (C=O) groups is 1. The smallest absolute Gasteiger partial charge is 0.175 e. The van der Waals surface area contributed by atoms with E-state index >= 15 is 0 Å². The summed E-state index contributed by atoms with van der Waals surface area (Å²) in [5.41, 5.74) is 0. The van der Waals surface area contributed by atoms with Gasteiger partial charge in [-0.15, -0.1) is 4.91 Å². The fraction of sp³-hybridized carbons (Fsp3) is 0.800. The molecular weight excluding hydrogens is 182 g/mol. The van der Waals surface area contributed by atoms with Crippen LogP contribution in [0.25, 0.3) is 0 Å². The highest BCUT2D eigenvalue weighted by molar-refractivity contribution is 5.59. The molecule has 0 aliphatic rings. The molecule has 8 heteroatoms. The standard InChI is InChI=1S/C5H7N3O5/c9-2-4(8-13)5(10)3(7-12)1-6-11/h2-5,10H,1H2/t3-,4-,5-/m1/s1. The van der Waals surface area contributed by atoms with Gasteiger partial charge in [-0.05, 0) is 0 Å². The van der Waals surface area contributed by atoms with E-state index < -0.39 is 24.7 Å². The first kappa shape index (κ1) is 11.4. The average Bonchev–Trinajstić information content (AvgIpc) is 2.15. The Morgan fingerprint density at radius 2 is 1.85 bits per heavy atom. The van der Waals surface area contributed by atoms with Gasteiger partial charge in [-0.3, -0.25) is 0 Å². The quantitative estimate of drug-likeness (QED) is 0.430. The lowest BCUT2D eigenvalue weighted by Gasteiger charge is -2.13. The molecule has 0 spiro atoms. The van der Waals surface area contributed by atoms with Crippen molar-refractivity contribution in [2.24, 2.45) is 15.5 Å². The lowest BCUT2D eigenvalue weighted by molar-refractivity contribution is -0.111. The molecule has 0 aromatic rings. The van der Waals surface area contributed by atoms with E-state index in [9.17, 15) is 19.5 Å². The van der Waals surface area contributed by atoms with Crippen molar-refractivity contribution in [3.8, 4) is 0 Å². The van der Waals surface area contributed by atoms with Crippen LogP contribution < -0.4 is 0 Å². The summed E-state index contributed by atoms with van der Waals surface area (Å²) in [6, 6.07) is -3.00. The largest absolute Gasteiger partial charge is 0.388 e. The summed E-state index contributed by atoms with van der Waals surface area (Å²) in [7, 11) is 0. The molecule has 0 aliphatic heterocycles. The van der Waals surface area contributed by atoms with Crippen LogP contribution in [0.15, 0.2) is 15.5 Å². The molecule has 0 amide bonds. The molecule has 0 fully saturated rings. The number of carbonyl (C=O) groups excluding carboxylic acids is 1. The van der Waals surface area contributed by atoms with Gasteiger partial charge in [0, 0.05) is 0 Å². The van der Waals surface area contributed by atoms with Gasteiger partial charge in [-0.25, -0.2) is 0 Å². The number of aliphatic hydroxyl groups is 1. The molecule has 0 radical (unpaired) electrons. The highest BCUT2D eigenvalue weighted by atomic mass is 16.3. The summed E-state index contributed by atoms with van der Waals surface area (Å²) in [4.78, 5) is 39.7. The van der Waals surface area contributed by atoms with Crippen LogP contribution in [0, 0.1) is 14.7 Å². The second kappa shape index (κ2) is 6.00. The van der Waals surface area contributed by atoms with Crippen molar-refractivity contribution in [3.05, 3.63) is 14.7 Å². The molecule has 0 aromatic carbocycles. The van der Waals surface area contributed by atoms with Crippen molar-refractivity contribution >= 4 is 6.29 Å². The van der Waals surface area contributed by atoms with Crippen LogP contribution in [0.4, 0.5) is 0 Å². The maximum Gasteiger partial charge on any atom is 0.175 e. The van der Waals surface area contributed by atoms with Gasteiger partial charge < -0.3 is 9.90 Å². The van der Waals surface area contributed by atoms with E-state index in [2.05, 4.69) is 15.5 Å². The summed E-state index contributed by atoms with van der Waals surface area (Å²) in [6.45, 7) is -0.593. The van der Waals surface area contributed by atoms with E-state index in [4.69, 9.17) is 5.11 Å². The third-order valence-corrected chi connectivity index (χ3v) is 1.40. The van der Waals surface area contributed by atoms with E-state index in [1.807, 2.05) is 0 Å². The molecule has 0 rings (SSSR count). The highest BCUT2D eigenvalue weighted by Crippen LogP contribution is 2.06. The normalized spacial score (nSPS) is 16.7. The molecule has 1 N–H and O–H groups in total. The van der Waals surface area contributed by atoms with Gasteiger partial charge in [-0.2, -0.15) is 9.81 Å². The average molecular weight is 189 g/mol. The van der Waals surface area contributed by atoms with Crippen molar-refractivity contribution < 1.29 is 9.90 Å². The molecule has 0 unspecified atom stereocenters. The molecule has 0 aromatic heterocycles. The van der Waals surface area contributed by atoms with Crippen molar-refractivity contribution in [1.29, 1.82) is 0 Å². The molecule has 8 nitrogen and oxygen atoms in total. The Balaban J connectivity index is 4.39.